The van der Waals surface area contributed by atoms with Crippen molar-refractivity contribution >= 4 is 32.1 Å². The van der Waals surface area contributed by atoms with Crippen molar-refractivity contribution in [2.24, 2.45) is 11.0 Å². The summed E-state index contributed by atoms with van der Waals surface area (Å²) in [6.07, 6.45) is 6.76. The third-order valence-electron chi connectivity index (χ3n) is 6.10. The molecule has 10 nitrogen and oxygen atoms in total. The molecule has 1 aliphatic rings. The first-order chi connectivity index (χ1) is 15.5. The van der Waals surface area contributed by atoms with Gasteiger partial charge in [0.1, 0.15) is 17.4 Å². The van der Waals surface area contributed by atoms with Crippen LogP contribution in [0.2, 0.25) is 0 Å². The van der Waals surface area contributed by atoms with E-state index in [-0.39, 0.29) is 4.90 Å². The van der Waals surface area contributed by atoms with E-state index in [1.807, 2.05) is 10.7 Å². The van der Waals surface area contributed by atoms with Crippen LogP contribution in [0.4, 0.5) is 0 Å². The number of piperidine rings is 1. The molecule has 0 amide bonds. The van der Waals surface area contributed by atoms with Crippen molar-refractivity contribution < 1.29 is 8.42 Å². The highest BCUT2D eigenvalue weighted by molar-refractivity contribution is 7.90. The maximum atomic E-state index is 13.4. The Morgan fingerprint density at radius 3 is 2.72 bits per heavy atom. The first-order valence-electron chi connectivity index (χ1n) is 10.4. The van der Waals surface area contributed by atoms with Crippen molar-refractivity contribution in [3.8, 4) is 0 Å². The van der Waals surface area contributed by atoms with Crippen LogP contribution in [0.3, 0.4) is 0 Å². The van der Waals surface area contributed by atoms with E-state index in [1.165, 1.54) is 3.97 Å². The van der Waals surface area contributed by atoms with Gasteiger partial charge >= 0.3 is 0 Å². The van der Waals surface area contributed by atoms with E-state index in [1.54, 1.807) is 49.9 Å². The van der Waals surface area contributed by atoms with Gasteiger partial charge in [-0.15, -0.1) is 0 Å². The largest absolute Gasteiger partial charge is 0.311 e. The lowest BCUT2D eigenvalue weighted by Crippen LogP contribution is -2.41. The van der Waals surface area contributed by atoms with Crippen LogP contribution in [-0.2, 0) is 10.0 Å². The Balaban J connectivity index is 1.56. The quantitative estimate of drug-likeness (QED) is 0.261. The molecule has 1 aromatic carbocycles. The summed E-state index contributed by atoms with van der Waals surface area (Å²) in [7, 11) is -3.79. The monoisotopic (exact) mass is 450 g/mol. The molecular formula is C21H22N8O2S. The van der Waals surface area contributed by atoms with Gasteiger partial charge in [-0.05, 0) is 48.9 Å². The molecule has 0 spiro atoms. The van der Waals surface area contributed by atoms with Gasteiger partial charge in [-0.25, -0.2) is 27.0 Å². The second-order valence-electron chi connectivity index (χ2n) is 8.01. The number of azide groups is 1. The number of rotatable bonds is 5. The van der Waals surface area contributed by atoms with Gasteiger partial charge in [0.15, 0.2) is 5.65 Å². The average molecular weight is 451 g/mol. The number of fused-ring (bicyclic) bond motifs is 3. The zero-order chi connectivity index (χ0) is 22.3. The van der Waals surface area contributed by atoms with Gasteiger partial charge in [-0.1, -0.05) is 23.3 Å². The number of imidazole rings is 1. The molecule has 3 aromatic heterocycles. The Kier molecular flexibility index (Phi) is 4.99. The Morgan fingerprint density at radius 2 is 1.97 bits per heavy atom. The normalized spacial score (nSPS) is 15.3. The number of hydrogen-bond acceptors (Lipinski definition) is 6. The molecule has 4 aromatic rings. The van der Waals surface area contributed by atoms with E-state index in [0.717, 1.165) is 36.8 Å². The fourth-order valence-electron chi connectivity index (χ4n) is 4.38. The minimum atomic E-state index is -3.79. The van der Waals surface area contributed by atoms with Crippen LogP contribution in [0.25, 0.3) is 32.5 Å². The summed E-state index contributed by atoms with van der Waals surface area (Å²) in [5.41, 5.74) is 11.2. The lowest BCUT2D eigenvalue weighted by Gasteiger charge is -2.33. The molecule has 11 heteroatoms. The topological polar surface area (TPSA) is 122 Å². The van der Waals surface area contributed by atoms with E-state index < -0.39 is 10.0 Å². The van der Waals surface area contributed by atoms with Crippen LogP contribution in [-0.4, -0.2) is 46.7 Å². The van der Waals surface area contributed by atoms with E-state index in [9.17, 15) is 8.42 Å². The number of hydrogen-bond donors (Lipinski definition) is 0. The van der Waals surface area contributed by atoms with E-state index >= 15 is 0 Å². The van der Waals surface area contributed by atoms with Gasteiger partial charge in [0.05, 0.1) is 11.1 Å². The molecular weight excluding hydrogens is 428 g/mol. The van der Waals surface area contributed by atoms with Crippen molar-refractivity contribution in [1.82, 2.24) is 18.6 Å². The van der Waals surface area contributed by atoms with Crippen LogP contribution in [0.5, 0.6) is 0 Å². The summed E-state index contributed by atoms with van der Waals surface area (Å²) < 4.78 is 30.0. The summed E-state index contributed by atoms with van der Waals surface area (Å²) in [6.45, 7) is 3.89. The smallest absolute Gasteiger partial charge is 0.269 e. The fourth-order valence-corrected chi connectivity index (χ4v) is 5.91. The molecule has 0 saturated carbocycles. The van der Waals surface area contributed by atoms with Gasteiger partial charge < -0.3 is 5.01 Å². The van der Waals surface area contributed by atoms with E-state index in [4.69, 9.17) is 5.53 Å². The summed E-state index contributed by atoms with van der Waals surface area (Å²) in [5, 5.41) is 6.62. The Morgan fingerprint density at radius 1 is 1.19 bits per heavy atom. The number of aryl methyl sites for hydroxylation is 1. The molecule has 1 fully saturated rings. The number of nitrogens with zero attached hydrogens (tertiary/aromatic N) is 8. The first-order valence-corrected chi connectivity index (χ1v) is 11.8. The molecule has 4 heterocycles. The highest BCUT2D eigenvalue weighted by Crippen LogP contribution is 2.29. The summed E-state index contributed by atoms with van der Waals surface area (Å²) >= 11 is 0. The van der Waals surface area contributed by atoms with Crippen molar-refractivity contribution in [2.75, 3.05) is 24.6 Å². The molecule has 5 rings (SSSR count). The minimum absolute atomic E-state index is 0.259. The van der Waals surface area contributed by atoms with Crippen molar-refractivity contribution in [3.05, 3.63) is 65.1 Å². The van der Waals surface area contributed by atoms with E-state index in [0.29, 0.717) is 29.2 Å². The Labute approximate surface area is 184 Å². The summed E-state index contributed by atoms with van der Waals surface area (Å²) in [6, 6.07) is 8.72. The maximum Gasteiger partial charge on any atom is 0.269 e. The summed E-state index contributed by atoms with van der Waals surface area (Å²) in [5.74, 6) is 0.374. The standard InChI is InChI=1S/C21H22N8O2S/c1-15-4-2-3-5-19(15)32(30,31)29-11-8-17-20-18(13-23-21(17)29)24-14-28(20)27-9-6-16(7-10-27)12-25-26-22/h2-5,8,11,13-14,16H,6-7,9-10,12H2,1H3. The highest BCUT2D eigenvalue weighted by Gasteiger charge is 2.25. The van der Waals surface area contributed by atoms with Gasteiger partial charge in [-0.3, -0.25) is 0 Å². The summed E-state index contributed by atoms with van der Waals surface area (Å²) in [4.78, 5) is 12.0. The molecule has 0 aliphatic carbocycles. The van der Waals surface area contributed by atoms with Crippen LogP contribution < -0.4 is 5.01 Å². The van der Waals surface area contributed by atoms with Gasteiger partial charge in [0.2, 0.25) is 0 Å². The zero-order valence-electron chi connectivity index (χ0n) is 17.5. The van der Waals surface area contributed by atoms with Crippen molar-refractivity contribution in [1.29, 1.82) is 0 Å². The molecule has 1 aliphatic heterocycles. The van der Waals surface area contributed by atoms with Gasteiger partial charge in [-0.2, -0.15) is 0 Å². The Hall–Kier alpha value is -3.56. The molecule has 0 N–H and O–H groups in total. The number of benzene rings is 1. The van der Waals surface area contributed by atoms with Crippen LogP contribution >= 0.6 is 0 Å². The van der Waals surface area contributed by atoms with Gasteiger partial charge in [0.25, 0.3) is 10.0 Å². The van der Waals surface area contributed by atoms with Crippen LogP contribution in [0.15, 0.2) is 59.1 Å². The lowest BCUT2D eigenvalue weighted by atomic mass is 9.98. The second-order valence-corrected chi connectivity index (χ2v) is 9.79. The first kappa shape index (κ1) is 20.3. The predicted molar refractivity (Wildman–Crippen MR) is 121 cm³/mol. The second kappa shape index (κ2) is 7.85. The molecule has 1 saturated heterocycles. The SMILES string of the molecule is Cc1ccccc1S(=O)(=O)n1ccc2c3c(cnc21)ncn3N1CCC(CN=[N+]=[N-])CC1. The number of aromatic nitrogens is 4. The number of pyridine rings is 1. The molecule has 0 bridgehead atoms. The zero-order valence-corrected chi connectivity index (χ0v) is 18.4. The van der Waals surface area contributed by atoms with Crippen molar-refractivity contribution in [2.45, 2.75) is 24.7 Å². The van der Waals surface area contributed by atoms with Crippen molar-refractivity contribution in [3.63, 3.8) is 0 Å². The molecule has 0 atom stereocenters. The van der Waals surface area contributed by atoms with Crippen LogP contribution in [0, 0.1) is 12.8 Å². The average Bonchev–Trinajstić information content (AvgIpc) is 3.42. The lowest BCUT2D eigenvalue weighted by molar-refractivity contribution is 0.373. The third-order valence-corrected chi connectivity index (χ3v) is 7.92. The Bertz CT molecular complexity index is 1460. The molecule has 0 unspecified atom stereocenters. The third kappa shape index (κ3) is 3.26. The predicted octanol–water partition coefficient (Wildman–Crippen LogP) is 3.59. The maximum absolute atomic E-state index is 13.4. The molecule has 0 radical (unpaired) electrons. The molecule has 32 heavy (non-hydrogen) atoms. The van der Waals surface area contributed by atoms with E-state index in [2.05, 4.69) is 25.0 Å². The fraction of sp³-hybridized carbons (Fsp3) is 0.333. The molecule has 164 valence electrons. The van der Waals surface area contributed by atoms with Gasteiger partial charge in [0, 0.05) is 36.1 Å². The highest BCUT2D eigenvalue weighted by atomic mass is 32.2. The van der Waals surface area contributed by atoms with Crippen LogP contribution in [0.1, 0.15) is 18.4 Å². The minimum Gasteiger partial charge on any atom is -0.311 e.